The van der Waals surface area contributed by atoms with Gasteiger partial charge in [-0.1, -0.05) is 6.07 Å². The number of hydrogen-bond acceptors (Lipinski definition) is 6. The number of nitrogens with zero attached hydrogens (tertiary/aromatic N) is 6. The van der Waals surface area contributed by atoms with Crippen molar-refractivity contribution in [1.29, 1.82) is 0 Å². The van der Waals surface area contributed by atoms with Gasteiger partial charge in [0.25, 0.3) is 0 Å². The molecule has 8 nitrogen and oxygen atoms in total. The van der Waals surface area contributed by atoms with E-state index in [-0.39, 0.29) is 11.5 Å². The summed E-state index contributed by atoms with van der Waals surface area (Å²) in [4.78, 5) is 7.51. The predicted molar refractivity (Wildman–Crippen MR) is 132 cm³/mol. The van der Waals surface area contributed by atoms with Gasteiger partial charge >= 0.3 is 0 Å². The standard InChI is InChI=1S/C26H31N7O/c1-16-23(21-15-29-31(3)17(21)2)33-22(7-10-28-33)25(30-16)32-11-8-26(9-12-32)14-18-13-19(34-4)5-6-20(18)24(26)27/h5-7,10,13,15,24H,8-9,11-12,14,27H2,1-4H3/t24-/m1/s1. The zero-order valence-electron chi connectivity index (χ0n) is 20.2. The Balaban J connectivity index is 1.31. The molecule has 0 bridgehead atoms. The van der Waals surface area contributed by atoms with E-state index < -0.39 is 0 Å². The minimum absolute atomic E-state index is 0.0659. The van der Waals surface area contributed by atoms with Gasteiger partial charge in [0.2, 0.25) is 0 Å². The Morgan fingerprint density at radius 2 is 1.91 bits per heavy atom. The van der Waals surface area contributed by atoms with Crippen LogP contribution in [0.3, 0.4) is 0 Å². The second kappa shape index (κ2) is 7.56. The first-order valence-electron chi connectivity index (χ1n) is 11.9. The Labute approximate surface area is 199 Å². The zero-order valence-corrected chi connectivity index (χ0v) is 20.2. The van der Waals surface area contributed by atoms with Crippen LogP contribution in [0.5, 0.6) is 5.75 Å². The normalized spacial score (nSPS) is 19.2. The van der Waals surface area contributed by atoms with Crippen LogP contribution in [-0.2, 0) is 13.5 Å². The molecule has 1 spiro atoms. The summed E-state index contributed by atoms with van der Waals surface area (Å²) < 4.78 is 9.36. The van der Waals surface area contributed by atoms with Crippen LogP contribution in [0.1, 0.15) is 41.4 Å². The number of aromatic nitrogens is 5. The minimum Gasteiger partial charge on any atom is -0.497 e. The number of nitrogens with two attached hydrogens (primary N) is 1. The number of benzene rings is 1. The van der Waals surface area contributed by atoms with Crippen LogP contribution in [-0.4, -0.2) is 44.6 Å². The maximum atomic E-state index is 6.83. The third-order valence-electron chi connectivity index (χ3n) is 8.14. The van der Waals surface area contributed by atoms with Gasteiger partial charge in [-0.2, -0.15) is 10.2 Å². The van der Waals surface area contributed by atoms with E-state index in [2.05, 4.69) is 47.1 Å². The molecule has 3 aromatic heterocycles. The summed E-state index contributed by atoms with van der Waals surface area (Å²) in [5.74, 6) is 1.91. The number of aryl methyl sites for hydroxylation is 2. The Morgan fingerprint density at radius 3 is 2.62 bits per heavy atom. The van der Waals surface area contributed by atoms with Gasteiger partial charge in [0, 0.05) is 37.4 Å². The molecule has 1 atom stereocenters. The molecule has 1 fully saturated rings. The van der Waals surface area contributed by atoms with Crippen molar-refractivity contribution in [3.63, 3.8) is 0 Å². The molecule has 1 aliphatic carbocycles. The fourth-order valence-corrected chi connectivity index (χ4v) is 5.98. The highest BCUT2D eigenvalue weighted by Crippen LogP contribution is 2.51. The highest BCUT2D eigenvalue weighted by molar-refractivity contribution is 5.76. The summed E-state index contributed by atoms with van der Waals surface area (Å²) >= 11 is 0. The van der Waals surface area contributed by atoms with Gasteiger partial charge in [-0.25, -0.2) is 9.50 Å². The molecule has 0 saturated carbocycles. The van der Waals surface area contributed by atoms with Crippen molar-refractivity contribution in [3.8, 4) is 17.0 Å². The van der Waals surface area contributed by atoms with Crippen LogP contribution < -0.4 is 15.4 Å². The van der Waals surface area contributed by atoms with Crippen molar-refractivity contribution < 1.29 is 4.74 Å². The van der Waals surface area contributed by atoms with E-state index in [0.29, 0.717) is 0 Å². The van der Waals surface area contributed by atoms with Crippen LogP contribution in [0.2, 0.25) is 0 Å². The third kappa shape index (κ3) is 2.98. The molecule has 8 heteroatoms. The van der Waals surface area contributed by atoms with E-state index in [4.69, 9.17) is 15.5 Å². The van der Waals surface area contributed by atoms with E-state index in [1.54, 1.807) is 7.11 Å². The summed E-state index contributed by atoms with van der Waals surface area (Å²) in [6, 6.07) is 8.47. The van der Waals surface area contributed by atoms with E-state index in [1.807, 2.05) is 34.7 Å². The quantitative estimate of drug-likeness (QED) is 0.506. The summed E-state index contributed by atoms with van der Waals surface area (Å²) in [5, 5.41) is 9.10. The maximum absolute atomic E-state index is 6.83. The highest BCUT2D eigenvalue weighted by atomic mass is 16.5. The molecule has 0 radical (unpaired) electrons. The van der Waals surface area contributed by atoms with Gasteiger partial charge in [0.15, 0.2) is 5.82 Å². The Kier molecular flexibility index (Phi) is 4.71. The van der Waals surface area contributed by atoms with Crippen molar-refractivity contribution in [2.24, 2.45) is 18.2 Å². The van der Waals surface area contributed by atoms with E-state index in [1.165, 1.54) is 11.1 Å². The van der Waals surface area contributed by atoms with Gasteiger partial charge in [-0.15, -0.1) is 0 Å². The summed E-state index contributed by atoms with van der Waals surface area (Å²) in [6.45, 7) is 6.00. The summed E-state index contributed by atoms with van der Waals surface area (Å²) in [5.41, 5.74) is 14.7. The van der Waals surface area contributed by atoms with Gasteiger partial charge in [0.05, 0.1) is 30.9 Å². The Bertz CT molecular complexity index is 1390. The third-order valence-corrected chi connectivity index (χ3v) is 8.14. The average molecular weight is 458 g/mol. The molecule has 2 N–H and O–H groups in total. The largest absolute Gasteiger partial charge is 0.497 e. The first-order chi connectivity index (χ1) is 16.4. The molecule has 4 aromatic rings. The van der Waals surface area contributed by atoms with E-state index >= 15 is 0 Å². The molecule has 1 saturated heterocycles. The minimum atomic E-state index is 0.0659. The lowest BCUT2D eigenvalue weighted by Crippen LogP contribution is -2.44. The van der Waals surface area contributed by atoms with E-state index in [0.717, 1.165) is 72.1 Å². The molecule has 1 aliphatic heterocycles. The zero-order chi connectivity index (χ0) is 23.6. The monoisotopic (exact) mass is 457 g/mol. The van der Waals surface area contributed by atoms with Crippen molar-refractivity contribution in [1.82, 2.24) is 24.4 Å². The maximum Gasteiger partial charge on any atom is 0.155 e. The predicted octanol–water partition coefficient (Wildman–Crippen LogP) is 3.60. The van der Waals surface area contributed by atoms with Crippen LogP contribution in [0, 0.1) is 19.3 Å². The second-order valence-electron chi connectivity index (χ2n) is 9.83. The number of piperidine rings is 1. The van der Waals surface area contributed by atoms with Crippen LogP contribution in [0.15, 0.2) is 36.7 Å². The first kappa shape index (κ1) is 21.2. The Morgan fingerprint density at radius 1 is 1.12 bits per heavy atom. The molecule has 34 heavy (non-hydrogen) atoms. The number of methoxy groups -OCH3 is 1. The molecular formula is C26H31N7O. The van der Waals surface area contributed by atoms with Crippen molar-refractivity contribution in [2.45, 2.75) is 39.2 Å². The molecule has 2 aliphatic rings. The summed E-state index contributed by atoms with van der Waals surface area (Å²) in [6.07, 6.45) is 6.85. The molecule has 4 heterocycles. The number of hydrogen-bond donors (Lipinski definition) is 1. The van der Waals surface area contributed by atoms with Crippen molar-refractivity contribution >= 4 is 11.3 Å². The average Bonchev–Trinajstić information content (AvgIpc) is 3.52. The number of rotatable bonds is 3. The SMILES string of the molecule is COc1ccc2c(c1)CC1(CCN(c3nc(C)c(-c4cnn(C)c4C)n4nccc34)CC1)[C@@H]2N. The van der Waals surface area contributed by atoms with Gasteiger partial charge < -0.3 is 15.4 Å². The second-order valence-corrected chi connectivity index (χ2v) is 9.83. The van der Waals surface area contributed by atoms with Gasteiger partial charge in [-0.3, -0.25) is 4.68 Å². The fraction of sp³-hybridized carbons (Fsp3) is 0.423. The van der Waals surface area contributed by atoms with Crippen molar-refractivity contribution in [2.75, 3.05) is 25.1 Å². The van der Waals surface area contributed by atoms with Gasteiger partial charge in [0.1, 0.15) is 11.3 Å². The Hall–Kier alpha value is -3.39. The van der Waals surface area contributed by atoms with Crippen LogP contribution in [0.25, 0.3) is 16.8 Å². The fourth-order valence-electron chi connectivity index (χ4n) is 5.98. The molecule has 6 rings (SSSR count). The molecular weight excluding hydrogens is 426 g/mol. The highest BCUT2D eigenvalue weighted by Gasteiger charge is 2.46. The lowest BCUT2D eigenvalue weighted by Gasteiger charge is -2.42. The summed E-state index contributed by atoms with van der Waals surface area (Å²) in [7, 11) is 3.68. The van der Waals surface area contributed by atoms with E-state index in [9.17, 15) is 0 Å². The number of anilines is 1. The van der Waals surface area contributed by atoms with Crippen LogP contribution in [0.4, 0.5) is 5.82 Å². The molecule has 0 unspecified atom stereocenters. The number of ether oxygens (including phenoxy) is 1. The lowest BCUT2D eigenvalue weighted by atomic mass is 9.73. The van der Waals surface area contributed by atoms with Crippen LogP contribution >= 0.6 is 0 Å². The van der Waals surface area contributed by atoms with Gasteiger partial charge in [-0.05, 0) is 67.9 Å². The molecule has 176 valence electrons. The van der Waals surface area contributed by atoms with Crippen molar-refractivity contribution in [3.05, 3.63) is 59.2 Å². The lowest BCUT2D eigenvalue weighted by molar-refractivity contribution is 0.187. The first-order valence-corrected chi connectivity index (χ1v) is 11.9. The smallest absolute Gasteiger partial charge is 0.155 e. The number of fused-ring (bicyclic) bond motifs is 2. The topological polar surface area (TPSA) is 86.5 Å². The molecule has 0 amide bonds. The molecule has 1 aromatic carbocycles.